The molecular weight excluding hydrogens is 433 g/mol. The molecule has 0 aliphatic heterocycles. The molecule has 4 nitrogen and oxygen atoms in total. The van der Waals surface area contributed by atoms with Crippen molar-refractivity contribution in [2.24, 2.45) is 0 Å². The number of rotatable bonds is 11. The molecule has 3 aromatic rings. The molecule has 6 heteroatoms. The van der Waals surface area contributed by atoms with Gasteiger partial charge in [0.2, 0.25) is 0 Å². The van der Waals surface area contributed by atoms with Crippen LogP contribution in [-0.4, -0.2) is 20.3 Å². The highest BCUT2D eigenvalue weighted by Gasteiger charge is 2.12. The summed E-state index contributed by atoms with van der Waals surface area (Å²) in [5.41, 5.74) is 3.24. The zero-order valence-corrected chi connectivity index (χ0v) is 19.3. The Morgan fingerprint density at radius 2 is 1.52 bits per heavy atom. The number of ether oxygens (including phenoxy) is 3. The fraction of sp³-hybridized carbons (Fsp3) is 0.280. The predicted molar refractivity (Wildman–Crippen MR) is 127 cm³/mol. The molecule has 0 fully saturated rings. The van der Waals surface area contributed by atoms with Gasteiger partial charge in [0.05, 0.1) is 13.7 Å². The number of methoxy groups -OCH3 is 1. The third-order valence-electron chi connectivity index (χ3n) is 4.79. The van der Waals surface area contributed by atoms with Crippen molar-refractivity contribution in [2.75, 3.05) is 20.3 Å². The average Bonchev–Trinajstić information content (AvgIpc) is 2.79. The second-order valence-electron chi connectivity index (χ2n) is 7.01. The van der Waals surface area contributed by atoms with Crippen molar-refractivity contribution in [2.45, 2.75) is 26.5 Å². The van der Waals surface area contributed by atoms with Crippen molar-refractivity contribution >= 4 is 23.2 Å². The van der Waals surface area contributed by atoms with Crippen LogP contribution in [0.1, 0.15) is 23.6 Å². The highest BCUT2D eigenvalue weighted by Crippen LogP contribution is 2.34. The minimum Gasteiger partial charge on any atom is -0.497 e. The maximum Gasteiger partial charge on any atom is 0.163 e. The summed E-state index contributed by atoms with van der Waals surface area (Å²) >= 11 is 12.5. The zero-order chi connectivity index (χ0) is 22.1. The van der Waals surface area contributed by atoms with Gasteiger partial charge in [-0.2, -0.15) is 0 Å². The van der Waals surface area contributed by atoms with Crippen LogP contribution in [-0.2, 0) is 19.6 Å². The molecule has 0 spiro atoms. The quantitative estimate of drug-likeness (QED) is 0.341. The molecule has 3 aromatic carbocycles. The van der Waals surface area contributed by atoms with E-state index in [-0.39, 0.29) is 0 Å². The van der Waals surface area contributed by atoms with E-state index >= 15 is 0 Å². The minimum atomic E-state index is 0.410. The monoisotopic (exact) mass is 459 g/mol. The van der Waals surface area contributed by atoms with E-state index in [1.54, 1.807) is 7.11 Å². The summed E-state index contributed by atoms with van der Waals surface area (Å²) in [7, 11) is 1.67. The van der Waals surface area contributed by atoms with Crippen LogP contribution in [0.5, 0.6) is 17.2 Å². The second kappa shape index (κ2) is 11.8. The minimum absolute atomic E-state index is 0.410. The van der Waals surface area contributed by atoms with Gasteiger partial charge in [-0.05, 0) is 66.9 Å². The van der Waals surface area contributed by atoms with Gasteiger partial charge in [0.25, 0.3) is 0 Å². The summed E-state index contributed by atoms with van der Waals surface area (Å²) in [5.74, 6) is 2.18. The SMILES string of the molecule is CCOc1cc(CNCCc2ccc(OC)cc2)c(Cl)cc1OCc1ccc(Cl)cc1. The first-order chi connectivity index (χ1) is 15.1. The van der Waals surface area contributed by atoms with E-state index in [0.717, 1.165) is 29.8 Å². The highest BCUT2D eigenvalue weighted by atomic mass is 35.5. The van der Waals surface area contributed by atoms with Crippen molar-refractivity contribution in [1.82, 2.24) is 5.32 Å². The van der Waals surface area contributed by atoms with Crippen LogP contribution in [0.15, 0.2) is 60.7 Å². The van der Waals surface area contributed by atoms with E-state index in [1.165, 1.54) is 5.56 Å². The predicted octanol–water partition coefficient (Wildman–Crippen LogP) is 6.31. The molecule has 0 amide bonds. The van der Waals surface area contributed by atoms with Gasteiger partial charge in [-0.15, -0.1) is 0 Å². The van der Waals surface area contributed by atoms with Crippen molar-refractivity contribution in [1.29, 1.82) is 0 Å². The van der Waals surface area contributed by atoms with Gasteiger partial charge >= 0.3 is 0 Å². The Hall–Kier alpha value is -2.40. The number of nitrogens with one attached hydrogen (secondary N) is 1. The van der Waals surface area contributed by atoms with Crippen LogP contribution in [0.2, 0.25) is 10.0 Å². The number of benzene rings is 3. The Morgan fingerprint density at radius 1 is 0.839 bits per heavy atom. The molecule has 0 heterocycles. The molecule has 0 aliphatic rings. The van der Waals surface area contributed by atoms with E-state index in [0.29, 0.717) is 41.3 Å². The van der Waals surface area contributed by atoms with E-state index < -0.39 is 0 Å². The van der Waals surface area contributed by atoms with Crippen LogP contribution in [0, 0.1) is 0 Å². The van der Waals surface area contributed by atoms with Gasteiger partial charge in [0, 0.05) is 22.7 Å². The maximum absolute atomic E-state index is 6.53. The van der Waals surface area contributed by atoms with Crippen LogP contribution in [0.4, 0.5) is 0 Å². The fourth-order valence-corrected chi connectivity index (χ4v) is 3.43. The standard InChI is InChI=1S/C25H27Cl2NO3/c1-3-30-24-14-20(16-28-13-12-18-6-10-22(29-2)11-7-18)23(27)15-25(24)31-17-19-4-8-21(26)9-5-19/h4-11,14-15,28H,3,12-13,16-17H2,1-2H3. The molecule has 0 unspecified atom stereocenters. The second-order valence-corrected chi connectivity index (χ2v) is 7.86. The highest BCUT2D eigenvalue weighted by molar-refractivity contribution is 6.31. The summed E-state index contributed by atoms with van der Waals surface area (Å²) < 4.78 is 17.0. The molecule has 0 radical (unpaired) electrons. The Labute approximate surface area is 194 Å². The molecule has 0 saturated heterocycles. The molecule has 0 bridgehead atoms. The third kappa shape index (κ3) is 7.06. The Balaban J connectivity index is 1.58. The fourth-order valence-electron chi connectivity index (χ4n) is 3.08. The number of hydrogen-bond acceptors (Lipinski definition) is 4. The lowest BCUT2D eigenvalue weighted by Crippen LogP contribution is -2.17. The van der Waals surface area contributed by atoms with Gasteiger partial charge in [0.1, 0.15) is 12.4 Å². The molecule has 0 atom stereocenters. The topological polar surface area (TPSA) is 39.7 Å². The molecule has 1 N–H and O–H groups in total. The molecule has 0 aromatic heterocycles. The largest absolute Gasteiger partial charge is 0.497 e. The first-order valence-corrected chi connectivity index (χ1v) is 11.0. The lowest BCUT2D eigenvalue weighted by molar-refractivity contribution is 0.269. The van der Waals surface area contributed by atoms with Crippen molar-refractivity contribution in [3.63, 3.8) is 0 Å². The smallest absolute Gasteiger partial charge is 0.163 e. The zero-order valence-electron chi connectivity index (χ0n) is 17.8. The van der Waals surface area contributed by atoms with Gasteiger partial charge in [0.15, 0.2) is 11.5 Å². The third-order valence-corrected chi connectivity index (χ3v) is 5.39. The summed E-state index contributed by atoms with van der Waals surface area (Å²) in [6, 6.07) is 19.4. The maximum atomic E-state index is 6.53. The normalized spacial score (nSPS) is 10.7. The van der Waals surface area contributed by atoms with Crippen LogP contribution >= 0.6 is 23.2 Å². The number of halogens is 2. The lowest BCUT2D eigenvalue weighted by Gasteiger charge is -2.15. The van der Waals surface area contributed by atoms with E-state index in [1.807, 2.05) is 55.5 Å². The Morgan fingerprint density at radius 3 is 2.19 bits per heavy atom. The Kier molecular flexibility index (Phi) is 8.89. The van der Waals surface area contributed by atoms with Crippen molar-refractivity contribution in [3.05, 3.63) is 87.4 Å². The van der Waals surface area contributed by atoms with Crippen molar-refractivity contribution in [3.8, 4) is 17.2 Å². The van der Waals surface area contributed by atoms with E-state index in [4.69, 9.17) is 37.4 Å². The lowest BCUT2D eigenvalue weighted by atomic mass is 10.1. The average molecular weight is 460 g/mol. The molecule has 31 heavy (non-hydrogen) atoms. The van der Waals surface area contributed by atoms with Crippen LogP contribution in [0.3, 0.4) is 0 Å². The van der Waals surface area contributed by atoms with Crippen molar-refractivity contribution < 1.29 is 14.2 Å². The van der Waals surface area contributed by atoms with Gasteiger partial charge in [-0.3, -0.25) is 0 Å². The summed E-state index contributed by atoms with van der Waals surface area (Å²) in [6.45, 7) is 4.38. The van der Waals surface area contributed by atoms with Crippen LogP contribution in [0.25, 0.3) is 0 Å². The Bertz CT molecular complexity index is 960. The molecule has 164 valence electrons. The first kappa shape index (κ1) is 23.3. The molecular formula is C25H27Cl2NO3. The molecule has 3 rings (SSSR count). The van der Waals surface area contributed by atoms with E-state index in [9.17, 15) is 0 Å². The van der Waals surface area contributed by atoms with Crippen LogP contribution < -0.4 is 19.5 Å². The van der Waals surface area contributed by atoms with Gasteiger partial charge < -0.3 is 19.5 Å². The molecule has 0 aliphatic carbocycles. The summed E-state index contributed by atoms with van der Waals surface area (Å²) in [6.07, 6.45) is 0.919. The van der Waals surface area contributed by atoms with E-state index in [2.05, 4.69) is 17.4 Å². The van der Waals surface area contributed by atoms with Gasteiger partial charge in [-0.1, -0.05) is 47.5 Å². The summed E-state index contributed by atoms with van der Waals surface area (Å²) in [4.78, 5) is 0. The summed E-state index contributed by atoms with van der Waals surface area (Å²) in [5, 5.41) is 4.79. The van der Waals surface area contributed by atoms with Gasteiger partial charge in [-0.25, -0.2) is 0 Å². The first-order valence-electron chi connectivity index (χ1n) is 10.2. The number of hydrogen-bond donors (Lipinski definition) is 1. The molecule has 0 saturated carbocycles.